The highest BCUT2D eigenvalue weighted by Crippen LogP contribution is 2.15. The van der Waals surface area contributed by atoms with Gasteiger partial charge in [0.15, 0.2) is 0 Å². The summed E-state index contributed by atoms with van der Waals surface area (Å²) in [6.45, 7) is 13.6. The van der Waals surface area contributed by atoms with E-state index >= 15 is 0 Å². The lowest BCUT2D eigenvalue weighted by Gasteiger charge is -2.26. The summed E-state index contributed by atoms with van der Waals surface area (Å²) in [5.41, 5.74) is 13.6. The smallest absolute Gasteiger partial charge is 0.244 e. The van der Waals surface area contributed by atoms with E-state index in [0.717, 1.165) is 0 Å². The Hall–Kier alpha value is -2.48. The minimum Gasteiger partial charge on any atom is -0.378 e. The standard InChI is InChI=1S/C26H32BN/c1-17-13-21(5)24(15-19(17)3)27(23-11-9-10-12-26(23)28(7)8)25-16-20(4)18(2)14-22(25)6/h9-16H,1-8H3. The van der Waals surface area contributed by atoms with Crippen molar-refractivity contribution in [2.45, 2.75) is 41.5 Å². The molecule has 0 aliphatic heterocycles. The van der Waals surface area contributed by atoms with Crippen molar-refractivity contribution in [2.75, 3.05) is 19.0 Å². The van der Waals surface area contributed by atoms with Crippen molar-refractivity contribution in [3.05, 3.63) is 81.9 Å². The van der Waals surface area contributed by atoms with Gasteiger partial charge >= 0.3 is 0 Å². The van der Waals surface area contributed by atoms with Gasteiger partial charge in [-0.15, -0.1) is 0 Å². The Labute approximate surface area is 171 Å². The third kappa shape index (κ3) is 3.74. The summed E-state index contributed by atoms with van der Waals surface area (Å²) in [6, 6.07) is 18.3. The molecule has 0 saturated carbocycles. The quantitative estimate of drug-likeness (QED) is 0.626. The first-order valence-corrected chi connectivity index (χ1v) is 10.1. The topological polar surface area (TPSA) is 3.24 Å². The maximum atomic E-state index is 2.40. The Morgan fingerprint density at radius 2 is 0.964 bits per heavy atom. The fourth-order valence-corrected chi connectivity index (χ4v) is 4.23. The molecule has 2 heteroatoms. The first-order chi connectivity index (χ1) is 13.2. The highest BCUT2D eigenvalue weighted by molar-refractivity contribution is 6.97. The van der Waals surface area contributed by atoms with Gasteiger partial charge in [-0.25, -0.2) is 0 Å². The molecular formula is C26H32BN. The van der Waals surface area contributed by atoms with Gasteiger partial charge in [0.2, 0.25) is 6.71 Å². The third-order valence-corrected chi connectivity index (χ3v) is 6.12. The summed E-state index contributed by atoms with van der Waals surface area (Å²) in [5.74, 6) is 0. The van der Waals surface area contributed by atoms with E-state index in [4.69, 9.17) is 0 Å². The van der Waals surface area contributed by atoms with Crippen LogP contribution in [0.25, 0.3) is 0 Å². The van der Waals surface area contributed by atoms with Crippen LogP contribution in [0.2, 0.25) is 0 Å². The SMILES string of the molecule is Cc1cc(C)c(B(c2cc(C)c(C)cc2C)c2ccccc2N(C)C)cc1C. The van der Waals surface area contributed by atoms with Gasteiger partial charge in [0.25, 0.3) is 0 Å². The summed E-state index contributed by atoms with van der Waals surface area (Å²) in [5, 5.41) is 0. The van der Waals surface area contributed by atoms with Gasteiger partial charge in [-0.3, -0.25) is 0 Å². The predicted molar refractivity (Wildman–Crippen MR) is 127 cm³/mol. The second-order valence-electron chi connectivity index (χ2n) is 8.47. The molecule has 0 unspecified atom stereocenters. The number of rotatable bonds is 4. The molecule has 3 rings (SSSR count). The molecule has 3 aromatic rings. The van der Waals surface area contributed by atoms with Gasteiger partial charge in [0, 0.05) is 19.8 Å². The number of benzene rings is 3. The van der Waals surface area contributed by atoms with Crippen molar-refractivity contribution in [1.29, 1.82) is 0 Å². The van der Waals surface area contributed by atoms with E-state index in [1.165, 1.54) is 55.5 Å². The number of hydrogen-bond acceptors (Lipinski definition) is 1. The summed E-state index contributed by atoms with van der Waals surface area (Å²) in [6.07, 6.45) is 0. The fraction of sp³-hybridized carbons (Fsp3) is 0.308. The molecule has 0 aliphatic carbocycles. The van der Waals surface area contributed by atoms with Crippen LogP contribution in [0.3, 0.4) is 0 Å². The molecule has 144 valence electrons. The van der Waals surface area contributed by atoms with E-state index in [9.17, 15) is 0 Å². The number of anilines is 1. The molecule has 0 saturated heterocycles. The zero-order valence-electron chi connectivity index (χ0n) is 18.6. The van der Waals surface area contributed by atoms with Crippen LogP contribution < -0.4 is 21.3 Å². The molecule has 0 aliphatic rings. The molecule has 0 fully saturated rings. The van der Waals surface area contributed by atoms with Crippen LogP contribution in [0.1, 0.15) is 33.4 Å². The van der Waals surface area contributed by atoms with Gasteiger partial charge in [0.1, 0.15) is 0 Å². The predicted octanol–water partition coefficient (Wildman–Crippen LogP) is 4.12. The van der Waals surface area contributed by atoms with Crippen LogP contribution in [0.15, 0.2) is 48.5 Å². The van der Waals surface area contributed by atoms with E-state index in [0.29, 0.717) is 0 Å². The molecule has 3 aromatic carbocycles. The second-order valence-corrected chi connectivity index (χ2v) is 8.47. The summed E-state index contributed by atoms with van der Waals surface area (Å²) < 4.78 is 0. The molecule has 0 radical (unpaired) electrons. The lowest BCUT2D eigenvalue weighted by molar-refractivity contribution is 1.14. The molecule has 0 amide bonds. The van der Waals surface area contributed by atoms with E-state index in [1.807, 2.05) is 0 Å². The summed E-state index contributed by atoms with van der Waals surface area (Å²) in [7, 11) is 4.27. The second kappa shape index (κ2) is 7.87. The fourth-order valence-electron chi connectivity index (χ4n) is 4.23. The van der Waals surface area contributed by atoms with Gasteiger partial charge in [-0.05, 0) is 75.3 Å². The number of nitrogens with zero attached hydrogens (tertiary/aromatic N) is 1. The van der Waals surface area contributed by atoms with Gasteiger partial charge in [-0.1, -0.05) is 64.5 Å². The van der Waals surface area contributed by atoms with Gasteiger partial charge < -0.3 is 4.90 Å². The molecule has 28 heavy (non-hydrogen) atoms. The van der Waals surface area contributed by atoms with E-state index in [1.54, 1.807) is 0 Å². The van der Waals surface area contributed by atoms with Crippen molar-refractivity contribution in [2.24, 2.45) is 0 Å². The van der Waals surface area contributed by atoms with Crippen molar-refractivity contribution >= 4 is 28.8 Å². The first-order valence-electron chi connectivity index (χ1n) is 10.1. The highest BCUT2D eigenvalue weighted by atomic mass is 15.1. The Morgan fingerprint density at radius 3 is 1.43 bits per heavy atom. The van der Waals surface area contributed by atoms with Crippen LogP contribution in [-0.4, -0.2) is 20.8 Å². The van der Waals surface area contributed by atoms with Crippen LogP contribution in [-0.2, 0) is 0 Å². The Kier molecular flexibility index (Phi) is 5.70. The average Bonchev–Trinajstić information content (AvgIpc) is 2.64. The van der Waals surface area contributed by atoms with Gasteiger partial charge in [0.05, 0.1) is 0 Å². The third-order valence-electron chi connectivity index (χ3n) is 6.12. The number of aryl methyl sites for hydroxylation is 6. The normalized spacial score (nSPS) is 10.9. The summed E-state index contributed by atoms with van der Waals surface area (Å²) in [4.78, 5) is 2.23. The molecule has 0 N–H and O–H groups in total. The molecular weight excluding hydrogens is 337 g/mol. The van der Waals surface area contributed by atoms with E-state index < -0.39 is 0 Å². The Balaban J connectivity index is 2.37. The maximum absolute atomic E-state index is 2.40. The molecule has 0 bridgehead atoms. The van der Waals surface area contributed by atoms with E-state index in [2.05, 4.69) is 109 Å². The van der Waals surface area contributed by atoms with Crippen molar-refractivity contribution in [1.82, 2.24) is 0 Å². The van der Waals surface area contributed by atoms with Crippen LogP contribution in [0, 0.1) is 41.5 Å². The lowest BCUT2D eigenvalue weighted by Crippen LogP contribution is -2.55. The minimum atomic E-state index is 0.220. The molecule has 1 nitrogen and oxygen atoms in total. The first kappa shape index (κ1) is 20.3. The number of hydrogen-bond donors (Lipinski definition) is 0. The van der Waals surface area contributed by atoms with Crippen LogP contribution in [0.4, 0.5) is 5.69 Å². The lowest BCUT2D eigenvalue weighted by atomic mass is 9.35. The van der Waals surface area contributed by atoms with Crippen molar-refractivity contribution in [3.63, 3.8) is 0 Å². The molecule has 0 heterocycles. The minimum absolute atomic E-state index is 0.220. The largest absolute Gasteiger partial charge is 0.378 e. The monoisotopic (exact) mass is 369 g/mol. The molecule has 0 spiro atoms. The Morgan fingerprint density at radius 1 is 0.536 bits per heavy atom. The zero-order chi connectivity index (χ0) is 20.6. The van der Waals surface area contributed by atoms with Crippen molar-refractivity contribution < 1.29 is 0 Å². The van der Waals surface area contributed by atoms with Crippen LogP contribution in [0.5, 0.6) is 0 Å². The molecule has 0 aromatic heterocycles. The average molecular weight is 369 g/mol. The maximum Gasteiger partial charge on any atom is 0.244 e. The Bertz CT molecular complexity index is 960. The summed E-state index contributed by atoms with van der Waals surface area (Å²) >= 11 is 0. The van der Waals surface area contributed by atoms with E-state index in [-0.39, 0.29) is 6.71 Å². The molecule has 0 atom stereocenters. The highest BCUT2D eigenvalue weighted by Gasteiger charge is 2.28. The zero-order valence-corrected chi connectivity index (χ0v) is 18.6. The number of para-hydroxylation sites is 1. The van der Waals surface area contributed by atoms with Gasteiger partial charge in [-0.2, -0.15) is 0 Å². The van der Waals surface area contributed by atoms with Crippen LogP contribution >= 0.6 is 0 Å². The van der Waals surface area contributed by atoms with Crippen molar-refractivity contribution in [3.8, 4) is 0 Å².